The molecule has 27 heavy (non-hydrogen) atoms. The number of hydrogen-bond acceptors (Lipinski definition) is 3. The molecule has 138 valence electrons. The Hall–Kier alpha value is -3.27. The summed E-state index contributed by atoms with van der Waals surface area (Å²) in [4.78, 5) is 8.98. The second-order valence-corrected chi connectivity index (χ2v) is 5.42. The first-order valence-electron chi connectivity index (χ1n) is 8.92. The lowest BCUT2D eigenvalue weighted by Gasteiger charge is -2.11. The summed E-state index contributed by atoms with van der Waals surface area (Å²) in [6.07, 6.45) is 2.54. The van der Waals surface area contributed by atoms with Crippen LogP contribution in [0.15, 0.2) is 85.7 Å². The van der Waals surface area contributed by atoms with Gasteiger partial charge in [-0.15, -0.1) is 0 Å². The minimum absolute atomic E-state index is 0.225. The molecule has 0 amide bonds. The number of rotatable bonds is 6. The Bertz CT molecular complexity index is 946. The van der Waals surface area contributed by atoms with Crippen LogP contribution in [-0.4, -0.2) is 9.97 Å². The monoisotopic (exact) mass is 361 g/mol. The molecule has 0 unspecified atom stereocenters. The molecule has 3 rings (SSSR count). The van der Waals surface area contributed by atoms with Crippen LogP contribution in [0.5, 0.6) is 0 Å². The molecule has 0 bridgehead atoms. The lowest BCUT2D eigenvalue weighted by molar-refractivity contribution is 0.670. The molecule has 1 N–H and O–H groups in total. The Morgan fingerprint density at radius 2 is 1.63 bits per heavy atom. The Labute approximate surface area is 160 Å². The van der Waals surface area contributed by atoms with Crippen LogP contribution in [0.4, 0.5) is 10.2 Å². The number of nitrogens with one attached hydrogen (secondary N) is 1. The van der Waals surface area contributed by atoms with Crippen LogP contribution < -0.4 is 5.32 Å². The highest BCUT2D eigenvalue weighted by Crippen LogP contribution is 2.26. The third-order valence-electron chi connectivity index (χ3n) is 3.79. The molecule has 3 nitrogen and oxygen atoms in total. The summed E-state index contributed by atoms with van der Waals surface area (Å²) in [5, 5.41) is 4.20. The maximum absolute atomic E-state index is 14.1. The van der Waals surface area contributed by atoms with Gasteiger partial charge >= 0.3 is 0 Å². The van der Waals surface area contributed by atoms with Crippen LogP contribution in [0.25, 0.3) is 16.5 Å². The third-order valence-corrected chi connectivity index (χ3v) is 3.79. The van der Waals surface area contributed by atoms with E-state index in [1.54, 1.807) is 0 Å². The van der Waals surface area contributed by atoms with Crippen LogP contribution in [0.3, 0.4) is 0 Å². The van der Waals surface area contributed by atoms with Gasteiger partial charge in [0.15, 0.2) is 5.82 Å². The predicted octanol–water partition coefficient (Wildman–Crippen LogP) is 6.32. The van der Waals surface area contributed by atoms with E-state index < -0.39 is 5.83 Å². The van der Waals surface area contributed by atoms with E-state index >= 15 is 0 Å². The van der Waals surface area contributed by atoms with E-state index in [9.17, 15) is 4.39 Å². The fourth-order valence-corrected chi connectivity index (χ4v) is 2.52. The minimum Gasteiger partial charge on any atom is -0.365 e. The van der Waals surface area contributed by atoms with E-state index in [1.165, 1.54) is 6.08 Å². The Balaban J connectivity index is 0.00000126. The second kappa shape index (κ2) is 10.0. The molecule has 0 atom stereocenters. The molecule has 0 saturated heterocycles. The summed E-state index contributed by atoms with van der Waals surface area (Å²) in [6, 6.07) is 17.6. The standard InChI is InChI=1S/C21H18FN3.C2H6/c1-3-16(18(22)4-2)21-24-19-13-9-8-12-17(19)20(25-21)23-14-15-10-6-5-7-11-15;1-2/h3-13H,1-2,14H2,(H,23,24,25);1-2H3/b18-16-;. The summed E-state index contributed by atoms with van der Waals surface area (Å²) < 4.78 is 14.1. The van der Waals surface area contributed by atoms with E-state index in [0.29, 0.717) is 12.4 Å². The number of allylic oxidation sites excluding steroid dienone is 4. The van der Waals surface area contributed by atoms with Crippen LogP contribution in [0.2, 0.25) is 0 Å². The smallest absolute Gasteiger partial charge is 0.165 e. The summed E-state index contributed by atoms with van der Waals surface area (Å²) in [7, 11) is 0. The van der Waals surface area contributed by atoms with Gasteiger partial charge in [0, 0.05) is 11.9 Å². The number of fused-ring (bicyclic) bond motifs is 1. The third kappa shape index (κ3) is 4.88. The zero-order valence-electron chi connectivity index (χ0n) is 15.7. The maximum atomic E-state index is 14.1. The maximum Gasteiger partial charge on any atom is 0.165 e. The number of hydrogen-bond donors (Lipinski definition) is 1. The van der Waals surface area contributed by atoms with E-state index in [0.717, 1.165) is 22.5 Å². The van der Waals surface area contributed by atoms with Crippen molar-refractivity contribution in [2.75, 3.05) is 5.32 Å². The largest absolute Gasteiger partial charge is 0.365 e. The number of para-hydroxylation sites is 1. The summed E-state index contributed by atoms with van der Waals surface area (Å²) >= 11 is 0. The fraction of sp³-hybridized carbons (Fsp3) is 0.130. The van der Waals surface area contributed by atoms with E-state index in [1.807, 2.05) is 68.4 Å². The second-order valence-electron chi connectivity index (χ2n) is 5.42. The van der Waals surface area contributed by atoms with Gasteiger partial charge in [-0.25, -0.2) is 14.4 Å². The summed E-state index contributed by atoms with van der Waals surface area (Å²) in [6.45, 7) is 11.7. The van der Waals surface area contributed by atoms with Crippen molar-refractivity contribution in [1.82, 2.24) is 9.97 Å². The highest BCUT2D eigenvalue weighted by atomic mass is 19.1. The number of benzene rings is 2. The SMILES string of the molecule is C=C/C(F)=C(\C=C)c1nc(NCc2ccccc2)c2ccccc2n1.CC. The molecule has 1 aromatic heterocycles. The topological polar surface area (TPSA) is 37.8 Å². The van der Waals surface area contributed by atoms with Gasteiger partial charge in [0.2, 0.25) is 0 Å². The molecular weight excluding hydrogens is 337 g/mol. The lowest BCUT2D eigenvalue weighted by atomic mass is 10.1. The van der Waals surface area contributed by atoms with Gasteiger partial charge in [-0.05, 0) is 23.8 Å². The normalized spacial score (nSPS) is 11.1. The number of nitrogens with zero attached hydrogens (tertiary/aromatic N) is 2. The molecule has 0 aliphatic heterocycles. The molecule has 0 fully saturated rings. The molecule has 3 aromatic rings. The van der Waals surface area contributed by atoms with Crippen molar-refractivity contribution in [1.29, 1.82) is 0 Å². The molecule has 0 spiro atoms. The zero-order valence-corrected chi connectivity index (χ0v) is 15.7. The Morgan fingerprint density at radius 1 is 0.963 bits per heavy atom. The van der Waals surface area contributed by atoms with Gasteiger partial charge in [0.1, 0.15) is 11.6 Å². The van der Waals surface area contributed by atoms with Crippen molar-refractivity contribution < 1.29 is 4.39 Å². The predicted molar refractivity (Wildman–Crippen MR) is 113 cm³/mol. The van der Waals surface area contributed by atoms with Crippen LogP contribution in [-0.2, 0) is 6.54 Å². The van der Waals surface area contributed by atoms with Crippen LogP contribution in [0.1, 0.15) is 25.2 Å². The van der Waals surface area contributed by atoms with Gasteiger partial charge in [-0.1, -0.05) is 75.5 Å². The summed E-state index contributed by atoms with van der Waals surface area (Å²) in [5.41, 5.74) is 2.09. The number of aromatic nitrogens is 2. The van der Waals surface area contributed by atoms with Crippen molar-refractivity contribution in [3.05, 3.63) is 97.1 Å². The molecule has 2 aromatic carbocycles. The molecule has 0 saturated carbocycles. The van der Waals surface area contributed by atoms with Gasteiger partial charge in [-0.2, -0.15) is 0 Å². The van der Waals surface area contributed by atoms with Crippen molar-refractivity contribution in [3.63, 3.8) is 0 Å². The minimum atomic E-state index is -0.501. The highest BCUT2D eigenvalue weighted by molar-refractivity contribution is 5.90. The first kappa shape index (κ1) is 20.0. The van der Waals surface area contributed by atoms with E-state index in [-0.39, 0.29) is 11.4 Å². The molecule has 4 heteroatoms. The lowest BCUT2D eigenvalue weighted by Crippen LogP contribution is -2.05. The zero-order chi connectivity index (χ0) is 19.6. The Kier molecular flexibility index (Phi) is 7.44. The van der Waals surface area contributed by atoms with Crippen LogP contribution in [0, 0.1) is 0 Å². The quantitative estimate of drug-likeness (QED) is 0.522. The van der Waals surface area contributed by atoms with Crippen molar-refractivity contribution >= 4 is 22.3 Å². The molecule has 0 aliphatic carbocycles. The first-order chi connectivity index (χ1) is 13.2. The molecule has 0 aliphatic rings. The summed E-state index contributed by atoms with van der Waals surface area (Å²) in [5.74, 6) is 0.432. The fourth-order valence-electron chi connectivity index (χ4n) is 2.52. The van der Waals surface area contributed by atoms with E-state index in [4.69, 9.17) is 0 Å². The first-order valence-corrected chi connectivity index (χ1v) is 8.92. The number of halogens is 1. The number of anilines is 1. The highest BCUT2D eigenvalue weighted by Gasteiger charge is 2.12. The van der Waals surface area contributed by atoms with Gasteiger partial charge in [0.05, 0.1) is 11.1 Å². The van der Waals surface area contributed by atoms with Gasteiger partial charge in [0.25, 0.3) is 0 Å². The van der Waals surface area contributed by atoms with E-state index in [2.05, 4.69) is 28.4 Å². The van der Waals surface area contributed by atoms with Crippen molar-refractivity contribution in [2.24, 2.45) is 0 Å². The molecular formula is C23H24FN3. The molecule has 1 heterocycles. The van der Waals surface area contributed by atoms with Crippen molar-refractivity contribution in [2.45, 2.75) is 20.4 Å². The average molecular weight is 361 g/mol. The van der Waals surface area contributed by atoms with Gasteiger partial charge < -0.3 is 5.32 Å². The van der Waals surface area contributed by atoms with Gasteiger partial charge in [-0.3, -0.25) is 0 Å². The van der Waals surface area contributed by atoms with Crippen molar-refractivity contribution in [3.8, 4) is 0 Å². The average Bonchev–Trinajstić information content (AvgIpc) is 2.74. The van der Waals surface area contributed by atoms with Crippen LogP contribution >= 0.6 is 0 Å². The Morgan fingerprint density at radius 3 is 2.30 bits per heavy atom. The molecule has 0 radical (unpaired) electrons.